The zero-order valence-electron chi connectivity index (χ0n) is 15.1. The molecule has 0 radical (unpaired) electrons. The van der Waals surface area contributed by atoms with Crippen LogP contribution >= 0.6 is 0 Å². The topological polar surface area (TPSA) is 69.0 Å². The van der Waals surface area contributed by atoms with E-state index in [2.05, 4.69) is 14.9 Å². The van der Waals surface area contributed by atoms with Crippen LogP contribution in [0.5, 0.6) is 0 Å². The van der Waals surface area contributed by atoms with Gasteiger partial charge in [0.2, 0.25) is 0 Å². The molecule has 0 amide bonds. The van der Waals surface area contributed by atoms with Gasteiger partial charge in [0.25, 0.3) is 0 Å². The van der Waals surface area contributed by atoms with Crippen LogP contribution in [-0.2, 0) is 25.7 Å². The van der Waals surface area contributed by atoms with Gasteiger partial charge >= 0.3 is 17.3 Å². The first-order valence-corrected chi connectivity index (χ1v) is 8.88. The molecule has 3 aromatic rings. The summed E-state index contributed by atoms with van der Waals surface area (Å²) in [5.74, 6) is 0. The molecular weight excluding hydrogens is 371 g/mol. The Labute approximate surface area is 157 Å². The van der Waals surface area contributed by atoms with Crippen molar-refractivity contribution in [2.45, 2.75) is 32.6 Å². The summed E-state index contributed by atoms with van der Waals surface area (Å²) < 4.78 is 38.2. The van der Waals surface area contributed by atoms with Crippen LogP contribution in [0, 0.1) is 6.92 Å². The average Bonchev–Trinajstić information content (AvgIpc) is 2.63. The third kappa shape index (κ3) is 3.35. The van der Waals surface area contributed by atoms with Gasteiger partial charge in [0, 0.05) is 19.6 Å². The molecule has 1 aromatic heterocycles. The summed E-state index contributed by atoms with van der Waals surface area (Å²) in [5, 5.41) is 0. The minimum atomic E-state index is -4.35. The molecule has 0 aliphatic carbocycles. The third-order valence-electron chi connectivity index (χ3n) is 5.21. The quantitative estimate of drug-likeness (QED) is 0.662. The van der Waals surface area contributed by atoms with Gasteiger partial charge < -0.3 is 9.97 Å². The van der Waals surface area contributed by atoms with E-state index in [4.69, 9.17) is 0 Å². The van der Waals surface area contributed by atoms with Crippen LogP contribution in [0.15, 0.2) is 39.9 Å². The molecule has 0 saturated carbocycles. The van der Waals surface area contributed by atoms with Crippen molar-refractivity contribution in [3.8, 4) is 0 Å². The zero-order valence-corrected chi connectivity index (χ0v) is 15.1. The Morgan fingerprint density at radius 2 is 1.71 bits per heavy atom. The zero-order chi connectivity index (χ0) is 20.1. The Bertz CT molecular complexity index is 1160. The molecular formula is C20H18F3N3O2. The Kier molecular flexibility index (Phi) is 4.38. The minimum absolute atomic E-state index is 0.501. The van der Waals surface area contributed by atoms with Crippen molar-refractivity contribution >= 4 is 11.0 Å². The lowest BCUT2D eigenvalue weighted by atomic mass is 9.93. The summed E-state index contributed by atoms with van der Waals surface area (Å²) >= 11 is 0. The van der Waals surface area contributed by atoms with E-state index in [0.717, 1.165) is 47.4 Å². The highest BCUT2D eigenvalue weighted by molar-refractivity contribution is 5.80. The van der Waals surface area contributed by atoms with Gasteiger partial charge in [0.05, 0.1) is 16.6 Å². The average molecular weight is 389 g/mol. The van der Waals surface area contributed by atoms with Crippen LogP contribution < -0.4 is 11.1 Å². The molecule has 4 rings (SSSR count). The SMILES string of the molecule is Cc1cc2[nH]c(=O)c(=O)[nH]c2c2c1CCN(Cc1ccc(C(F)(F)F)cc1)C2. The lowest BCUT2D eigenvalue weighted by Crippen LogP contribution is -2.33. The molecule has 0 bridgehead atoms. The number of aryl methyl sites for hydroxylation is 1. The minimum Gasteiger partial charge on any atom is -0.316 e. The number of nitrogens with one attached hydrogen (secondary N) is 2. The highest BCUT2D eigenvalue weighted by atomic mass is 19.4. The smallest absolute Gasteiger partial charge is 0.316 e. The van der Waals surface area contributed by atoms with Gasteiger partial charge in [0.15, 0.2) is 0 Å². The van der Waals surface area contributed by atoms with Crippen molar-refractivity contribution in [1.29, 1.82) is 0 Å². The number of halogens is 3. The Balaban J connectivity index is 1.65. The Hall–Kier alpha value is -2.87. The molecule has 0 atom stereocenters. The summed E-state index contributed by atoms with van der Waals surface area (Å²) in [6.45, 7) is 3.76. The van der Waals surface area contributed by atoms with Crippen LogP contribution in [0.25, 0.3) is 11.0 Å². The first-order valence-electron chi connectivity index (χ1n) is 8.88. The van der Waals surface area contributed by atoms with Crippen LogP contribution in [0.4, 0.5) is 13.2 Å². The number of fused-ring (bicyclic) bond motifs is 3. The van der Waals surface area contributed by atoms with E-state index in [1.165, 1.54) is 12.1 Å². The van der Waals surface area contributed by atoms with Crippen LogP contribution in [0.3, 0.4) is 0 Å². The molecule has 0 spiro atoms. The number of rotatable bonds is 2. The summed E-state index contributed by atoms with van der Waals surface area (Å²) in [4.78, 5) is 30.8. The summed E-state index contributed by atoms with van der Waals surface area (Å²) in [5.41, 5.74) is 3.06. The van der Waals surface area contributed by atoms with Gasteiger partial charge in [0.1, 0.15) is 0 Å². The van der Waals surface area contributed by atoms with Gasteiger partial charge in [-0.3, -0.25) is 14.5 Å². The number of benzene rings is 2. The Morgan fingerprint density at radius 3 is 2.39 bits per heavy atom. The van der Waals surface area contributed by atoms with E-state index in [-0.39, 0.29) is 0 Å². The largest absolute Gasteiger partial charge is 0.416 e. The van der Waals surface area contributed by atoms with E-state index in [1.807, 2.05) is 13.0 Å². The predicted molar refractivity (Wildman–Crippen MR) is 99.2 cm³/mol. The number of aromatic nitrogens is 2. The lowest BCUT2D eigenvalue weighted by Gasteiger charge is -2.30. The lowest BCUT2D eigenvalue weighted by molar-refractivity contribution is -0.137. The van der Waals surface area contributed by atoms with Gasteiger partial charge in [-0.05, 0) is 53.8 Å². The molecule has 2 N–H and O–H groups in total. The van der Waals surface area contributed by atoms with Crippen molar-refractivity contribution in [2.75, 3.05) is 6.54 Å². The number of nitrogens with zero attached hydrogens (tertiary/aromatic N) is 1. The van der Waals surface area contributed by atoms with Crippen LogP contribution in [-0.4, -0.2) is 21.4 Å². The number of H-pyrrole nitrogens is 2. The molecule has 0 saturated heterocycles. The first-order chi connectivity index (χ1) is 13.2. The molecule has 28 heavy (non-hydrogen) atoms. The van der Waals surface area contributed by atoms with E-state index in [9.17, 15) is 22.8 Å². The van der Waals surface area contributed by atoms with E-state index < -0.39 is 22.9 Å². The standard InChI is InChI=1S/C20H18F3N3O2/c1-11-8-16-17(25-19(28)18(27)24-16)15-10-26(7-6-14(11)15)9-12-2-4-13(5-3-12)20(21,22)23/h2-5,8H,6-7,9-10H2,1H3,(H,24,27)(H,25,28). The van der Waals surface area contributed by atoms with Crippen molar-refractivity contribution < 1.29 is 13.2 Å². The fourth-order valence-corrected chi connectivity index (χ4v) is 3.81. The maximum atomic E-state index is 12.7. The molecule has 2 heterocycles. The number of aromatic amines is 2. The molecule has 1 aliphatic heterocycles. The van der Waals surface area contributed by atoms with Gasteiger partial charge in [-0.25, -0.2) is 0 Å². The van der Waals surface area contributed by atoms with Crippen molar-refractivity contribution in [2.24, 2.45) is 0 Å². The third-order valence-corrected chi connectivity index (χ3v) is 5.21. The van der Waals surface area contributed by atoms with Crippen LogP contribution in [0.1, 0.15) is 27.8 Å². The summed E-state index contributed by atoms with van der Waals surface area (Å²) in [6, 6.07) is 7.03. The summed E-state index contributed by atoms with van der Waals surface area (Å²) in [6.07, 6.45) is -3.58. The molecule has 146 valence electrons. The normalized spacial score (nSPS) is 15.0. The molecule has 1 aliphatic rings. The van der Waals surface area contributed by atoms with E-state index >= 15 is 0 Å². The molecule has 8 heteroatoms. The van der Waals surface area contributed by atoms with Crippen molar-refractivity contribution in [3.63, 3.8) is 0 Å². The highest BCUT2D eigenvalue weighted by Gasteiger charge is 2.30. The fourth-order valence-electron chi connectivity index (χ4n) is 3.81. The van der Waals surface area contributed by atoms with Gasteiger partial charge in [-0.15, -0.1) is 0 Å². The van der Waals surface area contributed by atoms with Crippen molar-refractivity contribution in [1.82, 2.24) is 14.9 Å². The second kappa shape index (κ2) is 6.63. The van der Waals surface area contributed by atoms with Gasteiger partial charge in [-0.1, -0.05) is 12.1 Å². The van der Waals surface area contributed by atoms with E-state index in [0.29, 0.717) is 24.1 Å². The number of hydrogen-bond donors (Lipinski definition) is 2. The molecule has 5 nitrogen and oxygen atoms in total. The van der Waals surface area contributed by atoms with E-state index in [1.54, 1.807) is 0 Å². The second-order valence-corrected chi connectivity index (χ2v) is 7.14. The molecule has 0 fully saturated rings. The molecule has 0 unspecified atom stereocenters. The number of hydrogen-bond acceptors (Lipinski definition) is 3. The summed E-state index contributed by atoms with van der Waals surface area (Å²) in [7, 11) is 0. The van der Waals surface area contributed by atoms with Crippen molar-refractivity contribution in [3.05, 3.63) is 78.9 Å². The second-order valence-electron chi connectivity index (χ2n) is 7.14. The Morgan fingerprint density at radius 1 is 1.04 bits per heavy atom. The maximum Gasteiger partial charge on any atom is 0.416 e. The fraction of sp³-hybridized carbons (Fsp3) is 0.300. The predicted octanol–water partition coefficient (Wildman–Crippen LogP) is 3.10. The maximum absolute atomic E-state index is 12.7. The van der Waals surface area contributed by atoms with Crippen LogP contribution in [0.2, 0.25) is 0 Å². The number of alkyl halides is 3. The first kappa shape index (κ1) is 18.5. The highest BCUT2D eigenvalue weighted by Crippen LogP contribution is 2.31. The molecule has 2 aromatic carbocycles. The monoisotopic (exact) mass is 389 g/mol. The van der Waals surface area contributed by atoms with Gasteiger partial charge in [-0.2, -0.15) is 13.2 Å².